The van der Waals surface area contributed by atoms with Crippen LogP contribution in [0.2, 0.25) is 0 Å². The van der Waals surface area contributed by atoms with Crippen LogP contribution in [0.1, 0.15) is 5.56 Å². The van der Waals surface area contributed by atoms with Crippen molar-refractivity contribution in [1.82, 2.24) is 0 Å². The molecule has 0 bridgehead atoms. The molecule has 1 aromatic rings. The van der Waals surface area contributed by atoms with Gasteiger partial charge >= 0.3 is 5.97 Å². The minimum Gasteiger partial charge on any atom is -0.504 e. The van der Waals surface area contributed by atoms with Gasteiger partial charge in [0, 0.05) is 7.11 Å². The van der Waals surface area contributed by atoms with Crippen molar-refractivity contribution in [3.63, 3.8) is 0 Å². The molecule has 1 rings (SSSR count). The van der Waals surface area contributed by atoms with Crippen LogP contribution in [0.3, 0.4) is 0 Å². The standard InChI is InChI=1S/C16H17NO5/c1-20-8-9-22-16(19)13(11-17)5-3-4-12-6-7-14(18)15(10-12)21-2/h3-7,10,18H,8-9H2,1-2H3. The summed E-state index contributed by atoms with van der Waals surface area (Å²) < 4.78 is 14.6. The Morgan fingerprint density at radius 3 is 2.77 bits per heavy atom. The molecule has 0 unspecified atom stereocenters. The Kier molecular flexibility index (Phi) is 7.23. The molecular formula is C16H17NO5. The summed E-state index contributed by atoms with van der Waals surface area (Å²) in [5.74, 6) is -0.326. The van der Waals surface area contributed by atoms with Gasteiger partial charge in [-0.1, -0.05) is 18.2 Å². The summed E-state index contributed by atoms with van der Waals surface area (Å²) in [6, 6.07) is 6.57. The van der Waals surface area contributed by atoms with Gasteiger partial charge in [0.25, 0.3) is 0 Å². The Hall–Kier alpha value is -2.78. The molecule has 0 saturated heterocycles. The highest BCUT2D eigenvalue weighted by Crippen LogP contribution is 2.26. The maximum atomic E-state index is 11.6. The zero-order valence-corrected chi connectivity index (χ0v) is 12.4. The summed E-state index contributed by atoms with van der Waals surface area (Å²) in [4.78, 5) is 11.6. The van der Waals surface area contributed by atoms with E-state index in [9.17, 15) is 9.90 Å². The number of nitrogens with zero attached hydrogens (tertiary/aromatic N) is 1. The van der Waals surface area contributed by atoms with Crippen molar-refractivity contribution in [1.29, 1.82) is 5.26 Å². The largest absolute Gasteiger partial charge is 0.504 e. The quantitative estimate of drug-likeness (QED) is 0.273. The molecule has 0 aliphatic carbocycles. The van der Waals surface area contributed by atoms with Crippen LogP contribution in [0.15, 0.2) is 35.9 Å². The van der Waals surface area contributed by atoms with Crippen molar-refractivity contribution in [2.75, 3.05) is 27.4 Å². The highest BCUT2D eigenvalue weighted by atomic mass is 16.6. The van der Waals surface area contributed by atoms with Crippen molar-refractivity contribution >= 4 is 12.0 Å². The number of hydrogen-bond donors (Lipinski definition) is 1. The van der Waals surface area contributed by atoms with Gasteiger partial charge in [-0.05, 0) is 23.8 Å². The maximum absolute atomic E-state index is 11.6. The van der Waals surface area contributed by atoms with Gasteiger partial charge in [0.2, 0.25) is 0 Å². The van der Waals surface area contributed by atoms with Gasteiger partial charge in [0.05, 0.1) is 13.7 Å². The SMILES string of the molecule is COCCOC(=O)C(C#N)=CC=Cc1ccc(O)c(OC)c1. The minimum absolute atomic E-state index is 0.0367. The highest BCUT2D eigenvalue weighted by Gasteiger charge is 2.08. The molecule has 0 aliphatic heterocycles. The first kappa shape index (κ1) is 17.3. The number of ether oxygens (including phenoxy) is 3. The topological polar surface area (TPSA) is 88.8 Å². The van der Waals surface area contributed by atoms with E-state index < -0.39 is 5.97 Å². The molecule has 6 heteroatoms. The first-order chi connectivity index (χ1) is 10.6. The van der Waals surface area contributed by atoms with Crippen molar-refractivity contribution < 1.29 is 24.1 Å². The fourth-order valence-corrected chi connectivity index (χ4v) is 1.50. The smallest absolute Gasteiger partial charge is 0.348 e. The molecule has 0 aliphatic rings. The number of hydrogen-bond acceptors (Lipinski definition) is 6. The average Bonchev–Trinajstić information content (AvgIpc) is 2.53. The van der Waals surface area contributed by atoms with E-state index in [1.54, 1.807) is 30.4 Å². The van der Waals surface area contributed by atoms with Crippen LogP contribution in [0.25, 0.3) is 6.08 Å². The van der Waals surface area contributed by atoms with Gasteiger partial charge in [0.15, 0.2) is 11.5 Å². The summed E-state index contributed by atoms with van der Waals surface area (Å²) in [7, 11) is 2.94. The Labute approximate surface area is 128 Å². The number of phenols is 1. The molecule has 6 nitrogen and oxygen atoms in total. The molecule has 22 heavy (non-hydrogen) atoms. The second kappa shape index (κ2) is 9.21. The lowest BCUT2D eigenvalue weighted by molar-refractivity contribution is -0.139. The molecule has 0 aromatic heterocycles. The number of methoxy groups -OCH3 is 2. The van der Waals surface area contributed by atoms with Crippen LogP contribution >= 0.6 is 0 Å². The number of rotatable bonds is 7. The van der Waals surface area contributed by atoms with E-state index >= 15 is 0 Å². The van der Waals surface area contributed by atoms with Crippen LogP contribution in [0, 0.1) is 11.3 Å². The molecule has 0 amide bonds. The number of nitriles is 1. The van der Waals surface area contributed by atoms with Crippen LogP contribution < -0.4 is 4.74 Å². The molecule has 1 aromatic carbocycles. The van der Waals surface area contributed by atoms with Gasteiger partial charge in [0.1, 0.15) is 18.2 Å². The van der Waals surface area contributed by atoms with Crippen molar-refractivity contribution in [2.24, 2.45) is 0 Å². The van der Waals surface area contributed by atoms with Gasteiger partial charge < -0.3 is 19.3 Å². The summed E-state index contributed by atoms with van der Waals surface area (Å²) in [5.41, 5.74) is 0.633. The Bertz CT molecular complexity index is 613. The third-order valence-corrected chi connectivity index (χ3v) is 2.62. The first-order valence-electron chi connectivity index (χ1n) is 6.44. The Morgan fingerprint density at radius 1 is 1.36 bits per heavy atom. The van der Waals surface area contributed by atoms with E-state index in [0.29, 0.717) is 5.75 Å². The van der Waals surface area contributed by atoms with E-state index in [-0.39, 0.29) is 24.5 Å². The normalized spacial score (nSPS) is 11.2. The van der Waals surface area contributed by atoms with Crippen molar-refractivity contribution in [2.45, 2.75) is 0 Å². The number of carbonyl (C=O) groups excluding carboxylic acids is 1. The van der Waals surface area contributed by atoms with Gasteiger partial charge in [-0.3, -0.25) is 0 Å². The Balaban J connectivity index is 2.75. The lowest BCUT2D eigenvalue weighted by atomic mass is 10.1. The Morgan fingerprint density at radius 2 is 2.14 bits per heavy atom. The molecule has 0 heterocycles. The van der Waals surface area contributed by atoms with E-state index in [1.807, 2.05) is 0 Å². The third kappa shape index (κ3) is 5.31. The molecule has 0 spiro atoms. The summed E-state index contributed by atoms with van der Waals surface area (Å²) >= 11 is 0. The summed E-state index contributed by atoms with van der Waals surface area (Å²) in [6.07, 6.45) is 4.57. The summed E-state index contributed by atoms with van der Waals surface area (Å²) in [5, 5.41) is 18.4. The van der Waals surface area contributed by atoms with Crippen LogP contribution in [-0.4, -0.2) is 38.5 Å². The zero-order chi connectivity index (χ0) is 16.4. The zero-order valence-electron chi connectivity index (χ0n) is 12.4. The monoisotopic (exact) mass is 303 g/mol. The number of esters is 1. The van der Waals surface area contributed by atoms with Crippen molar-refractivity contribution in [3.8, 4) is 17.6 Å². The van der Waals surface area contributed by atoms with E-state index in [2.05, 4.69) is 0 Å². The van der Waals surface area contributed by atoms with Crippen molar-refractivity contribution in [3.05, 3.63) is 41.5 Å². The lowest BCUT2D eigenvalue weighted by Crippen LogP contribution is -2.10. The number of aromatic hydroxyl groups is 1. The fourth-order valence-electron chi connectivity index (χ4n) is 1.50. The van der Waals surface area contributed by atoms with Crippen LogP contribution in [0.5, 0.6) is 11.5 Å². The predicted octanol–water partition coefficient (Wildman–Crippen LogP) is 2.05. The van der Waals surface area contributed by atoms with Gasteiger partial charge in [-0.2, -0.15) is 5.26 Å². The molecular weight excluding hydrogens is 286 g/mol. The first-order valence-corrected chi connectivity index (χ1v) is 6.44. The van der Waals surface area contributed by atoms with E-state index in [4.69, 9.17) is 19.5 Å². The maximum Gasteiger partial charge on any atom is 0.348 e. The fraction of sp³-hybridized carbons (Fsp3) is 0.250. The van der Waals surface area contributed by atoms with E-state index in [0.717, 1.165) is 5.56 Å². The molecule has 0 saturated carbocycles. The molecule has 0 fully saturated rings. The lowest BCUT2D eigenvalue weighted by Gasteiger charge is -2.03. The van der Waals surface area contributed by atoms with Crippen LogP contribution in [0.4, 0.5) is 0 Å². The molecule has 0 atom stereocenters. The van der Waals surface area contributed by atoms with Crippen LogP contribution in [-0.2, 0) is 14.3 Å². The summed E-state index contributed by atoms with van der Waals surface area (Å²) in [6.45, 7) is 0.362. The number of phenolic OH excluding ortho intramolecular Hbond substituents is 1. The number of carbonyl (C=O) groups is 1. The molecule has 1 N–H and O–H groups in total. The molecule has 0 radical (unpaired) electrons. The number of allylic oxidation sites excluding steroid dienone is 2. The highest BCUT2D eigenvalue weighted by molar-refractivity contribution is 5.93. The average molecular weight is 303 g/mol. The second-order valence-corrected chi connectivity index (χ2v) is 4.11. The third-order valence-electron chi connectivity index (χ3n) is 2.62. The second-order valence-electron chi connectivity index (χ2n) is 4.11. The number of benzene rings is 1. The van der Waals surface area contributed by atoms with Gasteiger partial charge in [-0.15, -0.1) is 0 Å². The predicted molar refractivity (Wildman–Crippen MR) is 80.2 cm³/mol. The minimum atomic E-state index is -0.701. The molecule has 116 valence electrons. The van der Waals surface area contributed by atoms with Gasteiger partial charge in [-0.25, -0.2) is 4.79 Å². The van der Waals surface area contributed by atoms with E-state index in [1.165, 1.54) is 26.4 Å².